The van der Waals surface area contributed by atoms with Crippen LogP contribution in [0.4, 0.5) is 0 Å². The summed E-state index contributed by atoms with van der Waals surface area (Å²) in [6, 6.07) is 8.08. The normalized spacial score (nSPS) is 11.8. The SMILES string of the molecule is C=C(CCC/C(C(=C)C)=C(/C)CC)Oc1ccc(C)cc1. The molecule has 0 spiro atoms. The Labute approximate surface area is 130 Å². The Hall–Kier alpha value is -1.76. The highest BCUT2D eigenvalue weighted by Crippen LogP contribution is 2.23. The van der Waals surface area contributed by atoms with E-state index in [1.165, 1.54) is 22.3 Å². The van der Waals surface area contributed by atoms with Crippen LogP contribution < -0.4 is 4.74 Å². The number of allylic oxidation sites excluding steroid dienone is 4. The van der Waals surface area contributed by atoms with Crippen LogP contribution in [0.15, 0.2) is 59.9 Å². The molecule has 0 saturated heterocycles. The van der Waals surface area contributed by atoms with Crippen LogP contribution in [0.25, 0.3) is 0 Å². The standard InChI is InChI=1S/C20H28O/c1-7-17(5)20(15(2)3)10-8-9-18(6)21-19-13-11-16(4)12-14-19/h11-14H,2,6-10H2,1,3-5H3/b20-17+. The first-order valence-electron chi connectivity index (χ1n) is 7.70. The summed E-state index contributed by atoms with van der Waals surface area (Å²) >= 11 is 0. The van der Waals surface area contributed by atoms with Crippen molar-refractivity contribution in [2.75, 3.05) is 0 Å². The molecule has 1 rings (SSSR count). The van der Waals surface area contributed by atoms with Crippen LogP contribution >= 0.6 is 0 Å². The van der Waals surface area contributed by atoms with Gasteiger partial charge in [-0.2, -0.15) is 0 Å². The van der Waals surface area contributed by atoms with Gasteiger partial charge in [0.1, 0.15) is 5.75 Å². The van der Waals surface area contributed by atoms with E-state index in [4.69, 9.17) is 4.74 Å². The fourth-order valence-corrected chi connectivity index (χ4v) is 2.29. The van der Waals surface area contributed by atoms with Crippen LogP contribution in [0.3, 0.4) is 0 Å². The van der Waals surface area contributed by atoms with E-state index in [9.17, 15) is 0 Å². The molecule has 1 aromatic carbocycles. The van der Waals surface area contributed by atoms with Crippen molar-refractivity contribution >= 4 is 0 Å². The minimum atomic E-state index is 0.828. The zero-order chi connectivity index (χ0) is 15.8. The zero-order valence-corrected chi connectivity index (χ0v) is 14.0. The molecule has 0 heterocycles. The second-order valence-corrected chi connectivity index (χ2v) is 5.70. The predicted molar refractivity (Wildman–Crippen MR) is 92.6 cm³/mol. The van der Waals surface area contributed by atoms with Gasteiger partial charge in [0.2, 0.25) is 0 Å². The van der Waals surface area contributed by atoms with Crippen molar-refractivity contribution in [1.82, 2.24) is 0 Å². The van der Waals surface area contributed by atoms with Crippen molar-refractivity contribution in [3.05, 3.63) is 65.5 Å². The number of aryl methyl sites for hydroxylation is 1. The second-order valence-electron chi connectivity index (χ2n) is 5.70. The van der Waals surface area contributed by atoms with E-state index in [2.05, 4.69) is 53.0 Å². The minimum absolute atomic E-state index is 0.828. The molecule has 0 saturated carbocycles. The zero-order valence-electron chi connectivity index (χ0n) is 14.0. The van der Waals surface area contributed by atoms with Gasteiger partial charge in [0, 0.05) is 6.42 Å². The Morgan fingerprint density at radius 2 is 1.67 bits per heavy atom. The minimum Gasteiger partial charge on any atom is -0.462 e. The predicted octanol–water partition coefficient (Wildman–Crippen LogP) is 6.36. The molecule has 1 aromatic rings. The summed E-state index contributed by atoms with van der Waals surface area (Å²) < 4.78 is 5.77. The van der Waals surface area contributed by atoms with Gasteiger partial charge in [-0.1, -0.05) is 48.9 Å². The van der Waals surface area contributed by atoms with Crippen LogP contribution in [0.5, 0.6) is 5.75 Å². The van der Waals surface area contributed by atoms with Crippen LogP contribution in [0, 0.1) is 6.92 Å². The lowest BCUT2D eigenvalue weighted by atomic mass is 9.96. The number of benzene rings is 1. The van der Waals surface area contributed by atoms with Gasteiger partial charge < -0.3 is 4.74 Å². The fraction of sp³-hybridized carbons (Fsp3) is 0.400. The van der Waals surface area contributed by atoms with E-state index >= 15 is 0 Å². The fourth-order valence-electron chi connectivity index (χ4n) is 2.29. The molecule has 1 heteroatoms. The Bertz CT molecular complexity index is 517. The Balaban J connectivity index is 2.46. The van der Waals surface area contributed by atoms with Gasteiger partial charge in [0.05, 0.1) is 5.76 Å². The van der Waals surface area contributed by atoms with Crippen molar-refractivity contribution in [2.45, 2.75) is 53.4 Å². The van der Waals surface area contributed by atoms with Crippen molar-refractivity contribution < 1.29 is 4.74 Å². The highest BCUT2D eigenvalue weighted by atomic mass is 16.5. The molecular formula is C20H28O. The third-order valence-electron chi connectivity index (χ3n) is 3.73. The quantitative estimate of drug-likeness (QED) is 0.398. The maximum absolute atomic E-state index is 5.77. The summed E-state index contributed by atoms with van der Waals surface area (Å²) in [5, 5.41) is 0. The largest absolute Gasteiger partial charge is 0.462 e. The third kappa shape index (κ3) is 6.03. The summed E-state index contributed by atoms with van der Waals surface area (Å²) in [7, 11) is 0. The van der Waals surface area contributed by atoms with Crippen molar-refractivity contribution in [3.8, 4) is 5.75 Å². The van der Waals surface area contributed by atoms with Gasteiger partial charge in [-0.25, -0.2) is 0 Å². The first-order valence-corrected chi connectivity index (χ1v) is 7.70. The highest BCUT2D eigenvalue weighted by Gasteiger charge is 2.05. The molecular weight excluding hydrogens is 256 g/mol. The first-order chi connectivity index (χ1) is 9.93. The van der Waals surface area contributed by atoms with E-state index in [1.807, 2.05) is 12.1 Å². The first kappa shape index (κ1) is 17.3. The molecule has 0 atom stereocenters. The summed E-state index contributed by atoms with van der Waals surface area (Å²) in [6.07, 6.45) is 4.06. The molecule has 0 bridgehead atoms. The molecule has 0 N–H and O–H groups in total. The summed E-state index contributed by atoms with van der Waals surface area (Å²) in [4.78, 5) is 0. The molecule has 0 fully saturated rings. The molecule has 1 nitrogen and oxygen atoms in total. The van der Waals surface area contributed by atoms with Gasteiger partial charge in [-0.15, -0.1) is 0 Å². The summed E-state index contributed by atoms with van der Waals surface area (Å²) in [5.74, 6) is 1.69. The van der Waals surface area contributed by atoms with Gasteiger partial charge >= 0.3 is 0 Å². The number of hydrogen-bond acceptors (Lipinski definition) is 1. The highest BCUT2D eigenvalue weighted by molar-refractivity contribution is 5.31. The maximum atomic E-state index is 5.77. The molecule has 0 radical (unpaired) electrons. The van der Waals surface area contributed by atoms with Crippen LogP contribution in [0.1, 0.15) is 52.0 Å². The Morgan fingerprint density at radius 1 is 1.05 bits per heavy atom. The lowest BCUT2D eigenvalue weighted by Crippen LogP contribution is -1.96. The van der Waals surface area contributed by atoms with E-state index in [-0.39, 0.29) is 0 Å². The molecule has 0 aliphatic heterocycles. The second kappa shape index (κ2) is 8.51. The van der Waals surface area contributed by atoms with E-state index in [1.54, 1.807) is 0 Å². The van der Waals surface area contributed by atoms with E-state index < -0.39 is 0 Å². The smallest absolute Gasteiger partial charge is 0.126 e. The van der Waals surface area contributed by atoms with Crippen molar-refractivity contribution in [1.29, 1.82) is 0 Å². The van der Waals surface area contributed by atoms with Crippen molar-refractivity contribution in [2.24, 2.45) is 0 Å². The Kier molecular flexibility index (Phi) is 7.01. The number of rotatable bonds is 8. The van der Waals surface area contributed by atoms with Crippen LogP contribution in [-0.4, -0.2) is 0 Å². The van der Waals surface area contributed by atoms with Crippen LogP contribution in [0.2, 0.25) is 0 Å². The Morgan fingerprint density at radius 3 is 2.19 bits per heavy atom. The van der Waals surface area contributed by atoms with Gasteiger partial charge in [0.15, 0.2) is 0 Å². The molecule has 0 aliphatic rings. The monoisotopic (exact) mass is 284 g/mol. The van der Waals surface area contributed by atoms with Gasteiger partial charge in [-0.3, -0.25) is 0 Å². The van der Waals surface area contributed by atoms with Crippen LogP contribution in [-0.2, 0) is 0 Å². The molecule has 0 aliphatic carbocycles. The lowest BCUT2D eigenvalue weighted by Gasteiger charge is -2.13. The average molecular weight is 284 g/mol. The van der Waals surface area contributed by atoms with E-state index in [0.717, 1.165) is 37.2 Å². The molecule has 114 valence electrons. The van der Waals surface area contributed by atoms with E-state index in [0.29, 0.717) is 0 Å². The number of ether oxygens (including phenoxy) is 1. The molecule has 0 aromatic heterocycles. The molecule has 21 heavy (non-hydrogen) atoms. The lowest BCUT2D eigenvalue weighted by molar-refractivity contribution is 0.401. The van der Waals surface area contributed by atoms with Gasteiger partial charge in [0.25, 0.3) is 0 Å². The topological polar surface area (TPSA) is 9.23 Å². The summed E-state index contributed by atoms with van der Waals surface area (Å²) in [6.45, 7) is 16.7. The average Bonchev–Trinajstić information content (AvgIpc) is 2.45. The molecule has 0 amide bonds. The molecule has 0 unspecified atom stereocenters. The third-order valence-corrected chi connectivity index (χ3v) is 3.73. The van der Waals surface area contributed by atoms with Crippen molar-refractivity contribution in [3.63, 3.8) is 0 Å². The summed E-state index contributed by atoms with van der Waals surface area (Å²) in [5.41, 5.74) is 5.26. The van der Waals surface area contributed by atoms with Gasteiger partial charge in [-0.05, 0) is 57.7 Å². The maximum Gasteiger partial charge on any atom is 0.126 e. The number of hydrogen-bond donors (Lipinski definition) is 0.